The number of amides is 1. The first-order valence-corrected chi connectivity index (χ1v) is 8.10. The van der Waals surface area contributed by atoms with Gasteiger partial charge in [0.25, 0.3) is 5.91 Å². The van der Waals surface area contributed by atoms with Crippen molar-refractivity contribution in [3.63, 3.8) is 0 Å². The van der Waals surface area contributed by atoms with E-state index in [1.165, 1.54) is 19.1 Å². The van der Waals surface area contributed by atoms with Gasteiger partial charge in [-0.25, -0.2) is 8.42 Å². The molecule has 6 nitrogen and oxygen atoms in total. The Labute approximate surface area is 124 Å². The lowest BCUT2D eigenvalue weighted by atomic mass is 10.00. The Bertz CT molecular complexity index is 649. The number of aliphatic carboxylic acids is 1. The molecule has 0 aliphatic carbocycles. The Kier molecular flexibility index (Phi) is 5.11. The molecule has 1 amide bonds. The quantitative estimate of drug-likeness (QED) is 0.828. The molecular formula is C14H19NO5S. The second kappa shape index (κ2) is 6.26. The van der Waals surface area contributed by atoms with Crippen molar-refractivity contribution < 1.29 is 23.1 Å². The Hall–Kier alpha value is -1.89. The van der Waals surface area contributed by atoms with Crippen molar-refractivity contribution in [1.29, 1.82) is 0 Å². The van der Waals surface area contributed by atoms with E-state index in [4.69, 9.17) is 5.11 Å². The zero-order chi connectivity index (χ0) is 16.3. The van der Waals surface area contributed by atoms with Gasteiger partial charge in [-0.2, -0.15) is 0 Å². The molecule has 7 heteroatoms. The topological polar surface area (TPSA) is 101 Å². The van der Waals surface area contributed by atoms with Gasteiger partial charge in [-0.05, 0) is 26.0 Å². The van der Waals surface area contributed by atoms with Gasteiger partial charge < -0.3 is 10.4 Å². The Morgan fingerprint density at radius 3 is 2.33 bits per heavy atom. The van der Waals surface area contributed by atoms with Crippen molar-refractivity contribution in [2.24, 2.45) is 0 Å². The molecule has 0 bridgehead atoms. The summed E-state index contributed by atoms with van der Waals surface area (Å²) in [4.78, 5) is 23.0. The Morgan fingerprint density at radius 2 is 1.81 bits per heavy atom. The second-order valence-electron chi connectivity index (χ2n) is 5.31. The van der Waals surface area contributed by atoms with E-state index in [-0.39, 0.29) is 22.6 Å². The highest BCUT2D eigenvalue weighted by Crippen LogP contribution is 2.18. The fraction of sp³-hybridized carbons (Fsp3) is 0.429. The van der Waals surface area contributed by atoms with Crippen molar-refractivity contribution >= 4 is 21.7 Å². The molecule has 1 aromatic rings. The predicted molar refractivity (Wildman–Crippen MR) is 78.0 cm³/mol. The molecule has 1 aromatic carbocycles. The summed E-state index contributed by atoms with van der Waals surface area (Å²) in [5, 5.41) is 11.4. The number of benzene rings is 1. The molecule has 0 fully saturated rings. The van der Waals surface area contributed by atoms with Crippen LogP contribution in [0, 0.1) is 0 Å². The molecule has 0 saturated carbocycles. The molecule has 0 aliphatic heterocycles. The average molecular weight is 313 g/mol. The molecule has 21 heavy (non-hydrogen) atoms. The highest BCUT2D eigenvalue weighted by Gasteiger charge is 2.27. The van der Waals surface area contributed by atoms with Gasteiger partial charge in [0.2, 0.25) is 0 Å². The zero-order valence-corrected chi connectivity index (χ0v) is 13.0. The third-order valence-corrected chi connectivity index (χ3v) is 4.68. The van der Waals surface area contributed by atoms with Crippen LogP contribution in [0.15, 0.2) is 29.2 Å². The molecule has 0 spiro atoms. The van der Waals surface area contributed by atoms with Crippen LogP contribution in [-0.4, -0.2) is 36.7 Å². The summed E-state index contributed by atoms with van der Waals surface area (Å²) < 4.78 is 24.0. The van der Waals surface area contributed by atoms with E-state index in [9.17, 15) is 18.0 Å². The highest BCUT2D eigenvalue weighted by atomic mass is 32.2. The number of nitrogens with one attached hydrogen (secondary N) is 1. The summed E-state index contributed by atoms with van der Waals surface area (Å²) in [5.74, 6) is -1.76. The first kappa shape index (κ1) is 17.2. The van der Waals surface area contributed by atoms with Gasteiger partial charge in [-0.1, -0.05) is 19.1 Å². The van der Waals surface area contributed by atoms with E-state index in [0.717, 1.165) is 0 Å². The summed E-state index contributed by atoms with van der Waals surface area (Å²) in [6, 6.07) is 5.89. The van der Waals surface area contributed by atoms with Gasteiger partial charge >= 0.3 is 5.97 Å². The minimum absolute atomic E-state index is 0.0258. The number of carbonyl (C=O) groups is 2. The zero-order valence-electron chi connectivity index (χ0n) is 12.2. The summed E-state index contributed by atoms with van der Waals surface area (Å²) >= 11 is 0. The van der Waals surface area contributed by atoms with Crippen LogP contribution in [0.2, 0.25) is 0 Å². The summed E-state index contributed by atoms with van der Waals surface area (Å²) in [6.07, 6.45) is -0.262. The molecule has 2 N–H and O–H groups in total. The van der Waals surface area contributed by atoms with Crippen molar-refractivity contribution in [3.05, 3.63) is 29.8 Å². The monoisotopic (exact) mass is 313 g/mol. The normalized spacial score (nSPS) is 12.0. The number of carbonyl (C=O) groups excluding carboxylic acids is 1. The van der Waals surface area contributed by atoms with E-state index < -0.39 is 27.3 Å². The van der Waals surface area contributed by atoms with Gasteiger partial charge in [-0.3, -0.25) is 9.59 Å². The van der Waals surface area contributed by atoms with Crippen LogP contribution < -0.4 is 5.32 Å². The largest absolute Gasteiger partial charge is 0.481 e. The van der Waals surface area contributed by atoms with Gasteiger partial charge in [-0.15, -0.1) is 0 Å². The van der Waals surface area contributed by atoms with E-state index in [0.29, 0.717) is 0 Å². The van der Waals surface area contributed by atoms with Crippen molar-refractivity contribution in [2.75, 3.05) is 5.75 Å². The molecule has 1 rings (SSSR count). The van der Waals surface area contributed by atoms with Gasteiger partial charge in [0, 0.05) is 5.54 Å². The number of rotatable bonds is 6. The lowest BCUT2D eigenvalue weighted by molar-refractivity contribution is -0.138. The van der Waals surface area contributed by atoms with E-state index in [1.54, 1.807) is 26.0 Å². The SMILES string of the molecule is CCS(=O)(=O)c1ccccc1C(=O)NC(C)(C)CC(=O)O. The van der Waals surface area contributed by atoms with Crippen molar-refractivity contribution in [1.82, 2.24) is 5.32 Å². The van der Waals surface area contributed by atoms with E-state index in [1.807, 2.05) is 0 Å². The molecule has 0 atom stereocenters. The molecule has 0 aromatic heterocycles. The number of carboxylic acids is 1. The second-order valence-corrected chi connectivity index (χ2v) is 7.55. The maximum Gasteiger partial charge on any atom is 0.305 e. The van der Waals surface area contributed by atoms with Crippen LogP contribution in [0.1, 0.15) is 37.6 Å². The van der Waals surface area contributed by atoms with Crippen LogP contribution in [0.25, 0.3) is 0 Å². The lowest BCUT2D eigenvalue weighted by Crippen LogP contribution is -2.45. The third kappa shape index (κ3) is 4.56. The van der Waals surface area contributed by atoms with Gasteiger partial charge in [0.1, 0.15) is 0 Å². The number of hydrogen-bond acceptors (Lipinski definition) is 4. The Balaban J connectivity index is 3.13. The lowest BCUT2D eigenvalue weighted by Gasteiger charge is -2.24. The summed E-state index contributed by atoms with van der Waals surface area (Å²) in [5.41, 5.74) is -0.954. The Morgan fingerprint density at radius 1 is 1.24 bits per heavy atom. The molecule has 0 aliphatic rings. The number of sulfone groups is 1. The molecule has 116 valence electrons. The van der Waals surface area contributed by atoms with Gasteiger partial charge in [0.05, 0.1) is 22.6 Å². The minimum Gasteiger partial charge on any atom is -0.481 e. The molecular weight excluding hydrogens is 294 g/mol. The van der Waals surface area contributed by atoms with Crippen molar-refractivity contribution in [2.45, 2.75) is 37.6 Å². The summed E-state index contributed by atoms with van der Waals surface area (Å²) in [7, 11) is -3.53. The van der Waals surface area contributed by atoms with Crippen LogP contribution in [-0.2, 0) is 14.6 Å². The molecule has 0 saturated heterocycles. The molecule has 0 heterocycles. The van der Waals surface area contributed by atoms with Gasteiger partial charge in [0.15, 0.2) is 9.84 Å². The minimum atomic E-state index is -3.53. The van der Waals surface area contributed by atoms with E-state index in [2.05, 4.69) is 5.32 Å². The molecule has 0 unspecified atom stereocenters. The maximum atomic E-state index is 12.3. The number of hydrogen-bond donors (Lipinski definition) is 2. The van der Waals surface area contributed by atoms with Crippen LogP contribution in [0.4, 0.5) is 0 Å². The maximum absolute atomic E-state index is 12.3. The fourth-order valence-electron chi connectivity index (χ4n) is 1.88. The third-order valence-electron chi connectivity index (χ3n) is 2.89. The fourth-order valence-corrected chi connectivity index (χ4v) is 2.97. The van der Waals surface area contributed by atoms with Crippen LogP contribution in [0.3, 0.4) is 0 Å². The highest BCUT2D eigenvalue weighted by molar-refractivity contribution is 7.91. The summed E-state index contributed by atoms with van der Waals surface area (Å²) in [6.45, 7) is 4.63. The first-order chi connectivity index (χ1) is 9.59. The smallest absolute Gasteiger partial charge is 0.305 e. The first-order valence-electron chi connectivity index (χ1n) is 6.45. The van der Waals surface area contributed by atoms with Crippen LogP contribution >= 0.6 is 0 Å². The number of carboxylic acid groups (broad SMARTS) is 1. The average Bonchev–Trinajstić information content (AvgIpc) is 2.36. The van der Waals surface area contributed by atoms with E-state index >= 15 is 0 Å². The predicted octanol–water partition coefficient (Wildman–Crippen LogP) is 1.46. The van der Waals surface area contributed by atoms with Crippen LogP contribution in [0.5, 0.6) is 0 Å². The molecule has 0 radical (unpaired) electrons. The van der Waals surface area contributed by atoms with Crippen molar-refractivity contribution in [3.8, 4) is 0 Å². The standard InChI is InChI=1S/C14H19NO5S/c1-4-21(19,20)11-8-6-5-7-10(11)13(18)15-14(2,3)9-12(16)17/h5-8H,4,9H2,1-3H3,(H,15,18)(H,16,17).